The van der Waals surface area contributed by atoms with Crippen LogP contribution in [0.3, 0.4) is 0 Å². The maximum atomic E-state index is 12.5. The summed E-state index contributed by atoms with van der Waals surface area (Å²) in [6.45, 7) is 2.03. The van der Waals surface area contributed by atoms with E-state index < -0.39 is 0 Å². The Labute approximate surface area is 155 Å². The Morgan fingerprint density at radius 2 is 1.92 bits per heavy atom. The molecule has 0 atom stereocenters. The predicted molar refractivity (Wildman–Crippen MR) is 101 cm³/mol. The van der Waals surface area contributed by atoms with E-state index >= 15 is 0 Å². The number of carbonyl (C=O) groups is 1. The Morgan fingerprint density at radius 3 is 2.72 bits per heavy atom. The van der Waals surface area contributed by atoms with Crippen LogP contribution in [0.5, 0.6) is 0 Å². The Morgan fingerprint density at radius 1 is 1.08 bits per heavy atom. The van der Waals surface area contributed by atoms with Crippen LogP contribution in [-0.2, 0) is 6.42 Å². The van der Waals surface area contributed by atoms with E-state index in [2.05, 4.69) is 16.3 Å². The van der Waals surface area contributed by atoms with Crippen LogP contribution in [-0.4, -0.2) is 16.0 Å². The van der Waals surface area contributed by atoms with Crippen LogP contribution < -0.4 is 0 Å². The molecule has 124 valence electrons. The number of Topliss-reactive ketones (excluding diaryl/α,β-unsaturated/α-hetero) is 1. The van der Waals surface area contributed by atoms with Gasteiger partial charge >= 0.3 is 0 Å². The van der Waals surface area contributed by atoms with Gasteiger partial charge in [-0.05, 0) is 36.8 Å². The summed E-state index contributed by atoms with van der Waals surface area (Å²) in [4.78, 5) is 12.5. The number of aromatic nitrogens is 2. The first-order valence-corrected chi connectivity index (χ1v) is 8.62. The fraction of sp³-hybridized carbons (Fsp3) is 0.100. The number of rotatable bonds is 2. The maximum absolute atomic E-state index is 12.5. The zero-order chi connectivity index (χ0) is 17.6. The summed E-state index contributed by atoms with van der Waals surface area (Å²) in [6.07, 6.45) is 2.52. The van der Waals surface area contributed by atoms with Crippen molar-refractivity contribution in [3.05, 3.63) is 80.5 Å². The highest BCUT2D eigenvalue weighted by molar-refractivity contribution is 6.42. The summed E-state index contributed by atoms with van der Waals surface area (Å²) in [6, 6.07) is 13.2. The van der Waals surface area contributed by atoms with Crippen LogP contribution >= 0.6 is 23.2 Å². The van der Waals surface area contributed by atoms with Crippen molar-refractivity contribution >= 4 is 35.1 Å². The Balaban J connectivity index is 1.64. The molecule has 0 saturated carbocycles. The molecule has 4 rings (SSSR count). The molecule has 3 aromatic rings. The molecule has 0 bridgehead atoms. The topological polar surface area (TPSA) is 45.8 Å². The second-order valence-electron chi connectivity index (χ2n) is 6.17. The third-order valence-corrected chi connectivity index (χ3v) is 5.06. The van der Waals surface area contributed by atoms with Gasteiger partial charge in [0.1, 0.15) is 0 Å². The van der Waals surface area contributed by atoms with Gasteiger partial charge in [0.05, 0.1) is 21.4 Å². The smallest absolute Gasteiger partial charge is 0.189 e. The molecular weight excluding hydrogens is 355 g/mol. The van der Waals surface area contributed by atoms with E-state index in [1.165, 1.54) is 0 Å². The van der Waals surface area contributed by atoms with E-state index in [4.69, 9.17) is 23.2 Å². The van der Waals surface area contributed by atoms with E-state index in [0.29, 0.717) is 16.5 Å². The zero-order valence-corrected chi connectivity index (χ0v) is 14.9. The Bertz CT molecular complexity index is 1030. The third-order valence-electron chi connectivity index (χ3n) is 4.32. The van der Waals surface area contributed by atoms with Crippen LogP contribution in [0, 0.1) is 6.92 Å². The number of nitrogens with zero attached hydrogens (tertiary/aromatic N) is 1. The highest BCUT2D eigenvalue weighted by atomic mass is 35.5. The van der Waals surface area contributed by atoms with Crippen molar-refractivity contribution < 1.29 is 4.79 Å². The molecule has 2 aromatic carbocycles. The van der Waals surface area contributed by atoms with Gasteiger partial charge in [-0.15, -0.1) is 0 Å². The van der Waals surface area contributed by atoms with E-state index in [9.17, 15) is 4.79 Å². The van der Waals surface area contributed by atoms with Crippen LogP contribution in [0.15, 0.2) is 48.0 Å². The van der Waals surface area contributed by atoms with Crippen molar-refractivity contribution in [3.8, 4) is 11.3 Å². The summed E-state index contributed by atoms with van der Waals surface area (Å²) in [5, 5.41) is 8.27. The van der Waals surface area contributed by atoms with Gasteiger partial charge in [0.15, 0.2) is 5.78 Å². The first-order chi connectivity index (χ1) is 12.0. The lowest BCUT2D eigenvalue weighted by molar-refractivity contribution is 0.104. The molecule has 1 heterocycles. The molecule has 0 fully saturated rings. The molecule has 0 radical (unpaired) electrons. The molecule has 0 aliphatic heterocycles. The highest BCUT2D eigenvalue weighted by Gasteiger charge is 2.24. The molecule has 0 saturated heterocycles. The minimum atomic E-state index is 0.0840. The molecule has 25 heavy (non-hydrogen) atoms. The van der Waals surface area contributed by atoms with Crippen molar-refractivity contribution in [2.24, 2.45) is 0 Å². The number of benzene rings is 2. The summed E-state index contributed by atoms with van der Waals surface area (Å²) < 4.78 is 0. The number of nitrogens with one attached hydrogen (secondary N) is 1. The Kier molecular flexibility index (Phi) is 3.98. The van der Waals surface area contributed by atoms with Gasteiger partial charge in [-0.1, -0.05) is 53.0 Å². The first kappa shape index (κ1) is 16.1. The van der Waals surface area contributed by atoms with Crippen LogP contribution in [0.4, 0.5) is 0 Å². The minimum absolute atomic E-state index is 0.0840. The van der Waals surface area contributed by atoms with Gasteiger partial charge in [0, 0.05) is 23.1 Å². The van der Waals surface area contributed by atoms with E-state index in [0.717, 1.165) is 39.2 Å². The summed E-state index contributed by atoms with van der Waals surface area (Å²) >= 11 is 12.0. The normalized spacial score (nSPS) is 15.0. The molecule has 1 aliphatic rings. The summed E-state index contributed by atoms with van der Waals surface area (Å²) in [7, 11) is 0. The summed E-state index contributed by atoms with van der Waals surface area (Å²) in [5.41, 5.74) is 6.22. The van der Waals surface area contributed by atoms with Crippen LogP contribution in [0.2, 0.25) is 10.0 Å². The lowest BCUT2D eigenvalue weighted by atomic mass is 10.1. The van der Waals surface area contributed by atoms with E-state index in [1.54, 1.807) is 12.1 Å². The predicted octanol–water partition coefficient (Wildman–Crippen LogP) is 5.51. The maximum Gasteiger partial charge on any atom is 0.189 e. The van der Waals surface area contributed by atoms with Crippen molar-refractivity contribution in [1.82, 2.24) is 10.2 Å². The number of aromatic amines is 1. The number of hydrogen-bond donors (Lipinski definition) is 1. The van der Waals surface area contributed by atoms with E-state index in [1.807, 2.05) is 37.3 Å². The molecule has 1 aliphatic carbocycles. The van der Waals surface area contributed by atoms with E-state index in [-0.39, 0.29) is 5.78 Å². The molecule has 1 aromatic heterocycles. The average Bonchev–Trinajstić information content (AvgIpc) is 3.16. The molecule has 1 N–H and O–H groups in total. The highest BCUT2D eigenvalue weighted by Crippen LogP contribution is 2.30. The van der Waals surface area contributed by atoms with Crippen LogP contribution in [0.25, 0.3) is 17.3 Å². The Hall–Kier alpha value is -2.36. The van der Waals surface area contributed by atoms with Crippen molar-refractivity contribution in [3.63, 3.8) is 0 Å². The molecule has 5 heteroatoms. The molecule has 0 amide bonds. The van der Waals surface area contributed by atoms with Crippen molar-refractivity contribution in [1.29, 1.82) is 0 Å². The zero-order valence-electron chi connectivity index (χ0n) is 13.4. The molecule has 3 nitrogen and oxygen atoms in total. The average molecular weight is 369 g/mol. The molecule has 0 spiro atoms. The van der Waals surface area contributed by atoms with Crippen LogP contribution in [0.1, 0.15) is 27.2 Å². The largest absolute Gasteiger partial charge is 0.289 e. The number of hydrogen-bond acceptors (Lipinski definition) is 2. The van der Waals surface area contributed by atoms with Gasteiger partial charge in [-0.2, -0.15) is 5.10 Å². The number of aryl methyl sites for hydroxylation is 1. The SMILES string of the molecule is Cc1ccc2c(c1)C/C(=C\c1cc(-c3ccc(Cl)c(Cl)c3)n[nH]1)C2=O. The quantitative estimate of drug-likeness (QED) is 0.605. The van der Waals surface area contributed by atoms with Crippen molar-refractivity contribution in [2.45, 2.75) is 13.3 Å². The third kappa shape index (κ3) is 3.01. The summed E-state index contributed by atoms with van der Waals surface area (Å²) in [5.74, 6) is 0.0840. The van der Waals surface area contributed by atoms with Gasteiger partial charge in [0.2, 0.25) is 0 Å². The number of carbonyl (C=O) groups excluding carboxylic acids is 1. The number of fused-ring (bicyclic) bond motifs is 1. The lowest BCUT2D eigenvalue weighted by Gasteiger charge is -1.98. The second kappa shape index (κ2) is 6.17. The number of halogens is 2. The van der Waals surface area contributed by atoms with Gasteiger partial charge in [-0.3, -0.25) is 9.89 Å². The molecule has 0 unspecified atom stereocenters. The molecular formula is C20H14Cl2N2O. The minimum Gasteiger partial charge on any atom is -0.289 e. The first-order valence-electron chi connectivity index (χ1n) is 7.87. The standard InChI is InChI=1S/C20H14Cl2N2O/c1-11-2-4-16-13(6-11)7-14(20(16)25)8-15-10-19(24-23-15)12-3-5-17(21)18(22)9-12/h2-6,8-10H,7H2,1H3,(H,23,24)/b14-8+. The number of allylic oxidation sites excluding steroid dienone is 1. The van der Waals surface area contributed by atoms with Gasteiger partial charge in [0.25, 0.3) is 0 Å². The lowest BCUT2D eigenvalue weighted by Crippen LogP contribution is -1.95. The fourth-order valence-corrected chi connectivity index (χ4v) is 3.36. The monoisotopic (exact) mass is 368 g/mol. The number of ketones is 1. The second-order valence-corrected chi connectivity index (χ2v) is 6.99. The van der Waals surface area contributed by atoms with Gasteiger partial charge in [-0.25, -0.2) is 0 Å². The number of H-pyrrole nitrogens is 1. The van der Waals surface area contributed by atoms with Crippen molar-refractivity contribution in [2.75, 3.05) is 0 Å². The van der Waals surface area contributed by atoms with Gasteiger partial charge < -0.3 is 0 Å². The fourth-order valence-electron chi connectivity index (χ4n) is 3.07.